The summed E-state index contributed by atoms with van der Waals surface area (Å²) in [5.74, 6) is 0. The molecule has 0 spiro atoms. The van der Waals surface area contributed by atoms with Gasteiger partial charge in [-0.25, -0.2) is 16.8 Å². The monoisotopic (exact) mass is 398 g/mol. The molecule has 0 bridgehead atoms. The molecule has 15 heteroatoms. The first kappa shape index (κ1) is 24.6. The Bertz CT molecular complexity index is 525. The van der Waals surface area contributed by atoms with Gasteiger partial charge in [-0.2, -0.15) is 26.3 Å². The minimum absolute atomic E-state index is 0.778. The molecule has 0 aliphatic heterocycles. The molecule has 0 aliphatic rings. The van der Waals surface area contributed by atoms with E-state index in [0.717, 1.165) is 21.9 Å². The van der Waals surface area contributed by atoms with Crippen molar-refractivity contribution in [3.05, 3.63) is 4.13 Å². The molecule has 0 aromatic heterocycles. The van der Waals surface area contributed by atoms with Crippen LogP contribution in [0.1, 0.15) is 6.92 Å². The summed E-state index contributed by atoms with van der Waals surface area (Å²) in [5.41, 5.74) is -12.4. The van der Waals surface area contributed by atoms with E-state index in [-0.39, 0.29) is 0 Å². The van der Waals surface area contributed by atoms with Crippen LogP contribution in [0.2, 0.25) is 0 Å². The molecule has 0 atom stereocenters. The number of alkyl halides is 6. The van der Waals surface area contributed by atoms with Gasteiger partial charge in [-0.15, -0.1) is 0 Å². The summed E-state index contributed by atoms with van der Waals surface area (Å²) in [6, 6.07) is 0. The van der Waals surface area contributed by atoms with Gasteiger partial charge >= 0.3 is 11.0 Å². The molecule has 0 amide bonds. The molecule has 0 unspecified atom stereocenters. The quantitative estimate of drug-likeness (QED) is 0.400. The number of sulfonamides is 2. The van der Waals surface area contributed by atoms with Crippen LogP contribution in [-0.4, -0.2) is 66.8 Å². The molecule has 7 nitrogen and oxygen atoms in total. The van der Waals surface area contributed by atoms with E-state index in [1.807, 2.05) is 0 Å². The van der Waals surface area contributed by atoms with Gasteiger partial charge in [0.1, 0.15) is 0 Å². The largest absolute Gasteiger partial charge is 0.480 e. The Morgan fingerprint density at radius 3 is 1.35 bits per heavy atom. The Morgan fingerprint density at radius 2 is 1.22 bits per heavy atom. The first-order chi connectivity index (χ1) is 9.83. The maximum absolute atomic E-state index is 11.4. The molecule has 142 valence electrons. The number of methoxy groups -OCH3 is 1. The highest BCUT2D eigenvalue weighted by atomic mass is 32.3. The summed E-state index contributed by atoms with van der Waals surface area (Å²) in [7, 11) is -7.43. The van der Waals surface area contributed by atoms with Gasteiger partial charge in [0.25, 0.3) is 0 Å². The molecule has 0 saturated heterocycles. The molecule has 0 fully saturated rings. The van der Waals surface area contributed by atoms with Crippen molar-refractivity contribution in [1.29, 1.82) is 0 Å². The van der Waals surface area contributed by atoms with Gasteiger partial charge in [-0.1, -0.05) is 0 Å². The van der Waals surface area contributed by atoms with E-state index >= 15 is 0 Å². The number of ether oxygens (including phenoxy) is 1. The fraction of sp³-hybridized carbons (Fsp3) is 1.00. The third-order valence-corrected chi connectivity index (χ3v) is 4.86. The molecule has 0 N–H and O–H groups in total. The number of hydrogen-bond acceptors (Lipinski definition) is 5. The highest BCUT2D eigenvalue weighted by Gasteiger charge is 2.46. The second kappa shape index (κ2) is 7.96. The first-order valence-corrected chi connectivity index (χ1v) is 8.38. The van der Waals surface area contributed by atoms with Crippen LogP contribution in [0.5, 0.6) is 0 Å². The number of rotatable bonds is 5. The third-order valence-electron chi connectivity index (χ3n) is 2.12. The van der Waals surface area contributed by atoms with Crippen molar-refractivity contribution in [3.8, 4) is 0 Å². The molecule has 0 saturated carbocycles. The Morgan fingerprint density at radius 1 is 0.913 bits per heavy atom. The Hall–Kier alpha value is -0.640. The standard InChI is InChI=1S/C6H16NO.C2F6NO4S2/c1-5-7(2,3)6-8-4;3-1(4,5)14(10,11)9-15(12,13)2(6,7)8/h5-6H2,1-4H3;/q+1;-1. The van der Waals surface area contributed by atoms with Crippen LogP contribution in [0.25, 0.3) is 4.13 Å². The van der Waals surface area contributed by atoms with E-state index in [0.29, 0.717) is 0 Å². The van der Waals surface area contributed by atoms with E-state index in [1.165, 1.54) is 0 Å². The molecular weight excluding hydrogens is 382 g/mol. The maximum atomic E-state index is 11.4. The fourth-order valence-electron chi connectivity index (χ4n) is 0.654. The van der Waals surface area contributed by atoms with Crippen molar-refractivity contribution in [2.45, 2.75) is 17.9 Å². The number of halogens is 6. The Labute approximate surface area is 129 Å². The van der Waals surface area contributed by atoms with Gasteiger partial charge in [0.05, 0.1) is 20.6 Å². The Balaban J connectivity index is 0. The molecule has 0 rings (SSSR count). The van der Waals surface area contributed by atoms with E-state index in [2.05, 4.69) is 21.0 Å². The molecule has 0 aliphatic carbocycles. The predicted octanol–water partition coefficient (Wildman–Crippen LogP) is 1.75. The molecule has 0 radical (unpaired) electrons. The van der Waals surface area contributed by atoms with Gasteiger partial charge in [-0.05, 0) is 6.92 Å². The highest BCUT2D eigenvalue weighted by molar-refractivity contribution is 8.13. The SMILES string of the molecule is CC[N+](C)(C)COC.O=S(=O)([N-]S(=O)(=O)C(F)(F)F)C(F)(F)F. The molecule has 0 aromatic carbocycles. The average molecular weight is 398 g/mol. The Kier molecular flexibility index (Phi) is 8.51. The molecule has 0 heterocycles. The normalized spacial score (nSPS) is 14.2. The lowest BCUT2D eigenvalue weighted by molar-refractivity contribution is -0.907. The topological polar surface area (TPSA) is 91.6 Å². The smallest absolute Gasteiger partial charge is 0.421 e. The third kappa shape index (κ3) is 8.69. The number of hydrogen-bond donors (Lipinski definition) is 0. The molecular formula is C8H16F6N2O5S2. The lowest BCUT2D eigenvalue weighted by Crippen LogP contribution is -2.40. The van der Waals surface area contributed by atoms with Crippen LogP contribution in [0.3, 0.4) is 0 Å². The number of quaternary nitrogens is 1. The molecule has 23 heavy (non-hydrogen) atoms. The maximum Gasteiger partial charge on any atom is 0.480 e. The van der Waals surface area contributed by atoms with Crippen LogP contribution in [-0.2, 0) is 24.8 Å². The summed E-state index contributed by atoms with van der Waals surface area (Å²) in [6.45, 7) is 4.07. The van der Waals surface area contributed by atoms with Gasteiger partial charge in [0.15, 0.2) is 26.8 Å². The van der Waals surface area contributed by atoms with E-state index < -0.39 is 31.1 Å². The van der Waals surface area contributed by atoms with Crippen molar-refractivity contribution in [3.63, 3.8) is 0 Å². The minimum atomic E-state index is -6.72. The first-order valence-electron chi connectivity index (χ1n) is 5.50. The molecule has 0 aromatic rings. The lowest BCUT2D eigenvalue weighted by Gasteiger charge is -2.26. The zero-order chi connectivity index (χ0) is 19.3. The summed E-state index contributed by atoms with van der Waals surface area (Å²) >= 11 is 0. The fourth-order valence-corrected chi connectivity index (χ4v) is 2.36. The van der Waals surface area contributed by atoms with Crippen LogP contribution < -0.4 is 0 Å². The van der Waals surface area contributed by atoms with Gasteiger partial charge in [0.2, 0.25) is 0 Å². The average Bonchev–Trinajstić information content (AvgIpc) is 2.25. The summed E-state index contributed by atoms with van der Waals surface area (Å²) < 4.78 is 115. The predicted molar refractivity (Wildman–Crippen MR) is 67.8 cm³/mol. The van der Waals surface area contributed by atoms with Crippen molar-refractivity contribution in [1.82, 2.24) is 0 Å². The summed E-state index contributed by atoms with van der Waals surface area (Å²) in [6.07, 6.45) is 0. The highest BCUT2D eigenvalue weighted by Crippen LogP contribution is 2.36. The van der Waals surface area contributed by atoms with E-state index in [9.17, 15) is 43.2 Å². The van der Waals surface area contributed by atoms with Crippen LogP contribution in [0, 0.1) is 0 Å². The van der Waals surface area contributed by atoms with Crippen LogP contribution in [0.4, 0.5) is 26.3 Å². The summed E-state index contributed by atoms with van der Waals surface area (Å²) in [5, 5.41) is 0. The zero-order valence-corrected chi connectivity index (χ0v) is 14.1. The van der Waals surface area contributed by atoms with Crippen molar-refractivity contribution < 1.29 is 52.4 Å². The van der Waals surface area contributed by atoms with Crippen LogP contribution in [0.15, 0.2) is 0 Å². The lowest BCUT2D eigenvalue weighted by atomic mass is 10.6. The van der Waals surface area contributed by atoms with Crippen molar-refractivity contribution in [2.75, 3.05) is 34.5 Å². The van der Waals surface area contributed by atoms with Crippen LogP contribution >= 0.6 is 0 Å². The van der Waals surface area contributed by atoms with Gasteiger partial charge < -0.3 is 13.3 Å². The summed E-state index contributed by atoms with van der Waals surface area (Å²) in [4.78, 5) is 0. The van der Waals surface area contributed by atoms with Gasteiger partial charge in [-0.3, -0.25) is 0 Å². The van der Waals surface area contributed by atoms with E-state index in [4.69, 9.17) is 4.74 Å². The van der Waals surface area contributed by atoms with Crippen molar-refractivity contribution in [2.24, 2.45) is 0 Å². The van der Waals surface area contributed by atoms with Crippen molar-refractivity contribution >= 4 is 20.0 Å². The van der Waals surface area contributed by atoms with E-state index in [1.54, 1.807) is 7.11 Å². The second-order valence-electron chi connectivity index (χ2n) is 4.59. The van der Waals surface area contributed by atoms with Gasteiger partial charge in [0, 0.05) is 7.11 Å². The number of nitrogens with zero attached hydrogens (tertiary/aromatic N) is 2. The zero-order valence-electron chi connectivity index (χ0n) is 12.4. The minimum Gasteiger partial charge on any atom is -0.421 e. The second-order valence-corrected chi connectivity index (χ2v) is 8.01.